The van der Waals surface area contributed by atoms with E-state index in [-0.39, 0.29) is 5.91 Å². The molecule has 0 atom stereocenters. The Bertz CT molecular complexity index is 492. The molecule has 0 unspecified atom stereocenters. The molecule has 0 fully saturated rings. The molecule has 0 saturated carbocycles. The van der Waals surface area contributed by atoms with E-state index in [0.29, 0.717) is 12.2 Å². The number of pyridine rings is 1. The first-order valence-electron chi connectivity index (χ1n) is 5.50. The zero-order valence-corrected chi connectivity index (χ0v) is 9.63. The number of carbonyl (C=O) groups is 1. The molecule has 1 amide bonds. The molecule has 0 aliphatic rings. The van der Waals surface area contributed by atoms with E-state index in [1.807, 2.05) is 19.1 Å². The topological polar surface area (TPSA) is 59.8 Å². The van der Waals surface area contributed by atoms with Crippen molar-refractivity contribution in [3.05, 3.63) is 48.0 Å². The smallest absolute Gasteiger partial charge is 0.272 e. The number of carbonyl (C=O) groups excluding carboxylic acids is 1. The molecule has 0 aliphatic carbocycles. The SMILES string of the molecule is CCn1ccc(C(=O)NCc2cccnc2)n1. The zero-order chi connectivity index (χ0) is 12.1. The highest BCUT2D eigenvalue weighted by Crippen LogP contribution is 1.98. The van der Waals surface area contributed by atoms with Gasteiger partial charge in [0.1, 0.15) is 5.69 Å². The van der Waals surface area contributed by atoms with Crippen molar-refractivity contribution in [3.8, 4) is 0 Å². The number of nitrogens with one attached hydrogen (secondary N) is 1. The van der Waals surface area contributed by atoms with Crippen LogP contribution in [0.15, 0.2) is 36.8 Å². The third-order valence-corrected chi connectivity index (χ3v) is 2.37. The van der Waals surface area contributed by atoms with Crippen molar-refractivity contribution in [2.24, 2.45) is 0 Å². The van der Waals surface area contributed by atoms with Crippen LogP contribution in [-0.2, 0) is 13.1 Å². The van der Waals surface area contributed by atoms with Crippen molar-refractivity contribution in [1.82, 2.24) is 20.1 Å². The second-order valence-electron chi connectivity index (χ2n) is 3.60. The van der Waals surface area contributed by atoms with E-state index in [0.717, 1.165) is 12.1 Å². The van der Waals surface area contributed by atoms with Crippen molar-refractivity contribution < 1.29 is 4.79 Å². The van der Waals surface area contributed by atoms with Crippen molar-refractivity contribution in [3.63, 3.8) is 0 Å². The molecule has 88 valence electrons. The van der Waals surface area contributed by atoms with Gasteiger partial charge in [0.25, 0.3) is 5.91 Å². The molecule has 0 aliphatic heterocycles. The van der Waals surface area contributed by atoms with Crippen molar-refractivity contribution in [2.45, 2.75) is 20.0 Å². The van der Waals surface area contributed by atoms with E-state index < -0.39 is 0 Å². The summed E-state index contributed by atoms with van der Waals surface area (Å²) in [5.74, 6) is -0.166. The number of rotatable bonds is 4. The number of hydrogen-bond donors (Lipinski definition) is 1. The van der Waals surface area contributed by atoms with E-state index in [1.165, 1.54) is 0 Å². The van der Waals surface area contributed by atoms with Crippen molar-refractivity contribution in [2.75, 3.05) is 0 Å². The van der Waals surface area contributed by atoms with Gasteiger partial charge < -0.3 is 5.32 Å². The summed E-state index contributed by atoms with van der Waals surface area (Å²) in [6.07, 6.45) is 5.22. The second-order valence-corrected chi connectivity index (χ2v) is 3.60. The molecule has 0 saturated heterocycles. The molecule has 0 aromatic carbocycles. The van der Waals surface area contributed by atoms with Gasteiger partial charge >= 0.3 is 0 Å². The molecular weight excluding hydrogens is 216 g/mol. The fourth-order valence-corrected chi connectivity index (χ4v) is 1.43. The van der Waals surface area contributed by atoms with E-state index >= 15 is 0 Å². The molecule has 5 nitrogen and oxygen atoms in total. The summed E-state index contributed by atoms with van der Waals surface area (Å²) in [5, 5.41) is 6.93. The van der Waals surface area contributed by atoms with Gasteiger partial charge in [-0.05, 0) is 24.6 Å². The van der Waals surface area contributed by atoms with Crippen LogP contribution < -0.4 is 5.32 Å². The molecule has 0 spiro atoms. The van der Waals surface area contributed by atoms with Crippen LogP contribution >= 0.6 is 0 Å². The van der Waals surface area contributed by atoms with Crippen LogP contribution in [0.5, 0.6) is 0 Å². The van der Waals surface area contributed by atoms with Gasteiger partial charge in [0.2, 0.25) is 0 Å². The standard InChI is InChI=1S/C12H14N4O/c1-2-16-7-5-11(15-16)12(17)14-9-10-4-3-6-13-8-10/h3-8H,2,9H2,1H3,(H,14,17). The normalized spacial score (nSPS) is 10.2. The van der Waals surface area contributed by atoms with Gasteiger partial charge in [-0.3, -0.25) is 14.5 Å². The third kappa shape index (κ3) is 2.90. The summed E-state index contributed by atoms with van der Waals surface area (Å²) in [5.41, 5.74) is 1.41. The fourth-order valence-electron chi connectivity index (χ4n) is 1.43. The molecule has 0 radical (unpaired) electrons. The van der Waals surface area contributed by atoms with E-state index in [1.54, 1.807) is 29.3 Å². The number of amides is 1. The average molecular weight is 230 g/mol. The minimum atomic E-state index is -0.166. The van der Waals surface area contributed by atoms with Crippen molar-refractivity contribution in [1.29, 1.82) is 0 Å². The number of aryl methyl sites for hydroxylation is 1. The van der Waals surface area contributed by atoms with Gasteiger partial charge in [-0.1, -0.05) is 6.07 Å². The van der Waals surface area contributed by atoms with Crippen LogP contribution in [0.3, 0.4) is 0 Å². The van der Waals surface area contributed by atoms with Crippen LogP contribution in [0.2, 0.25) is 0 Å². The lowest BCUT2D eigenvalue weighted by atomic mass is 10.3. The largest absolute Gasteiger partial charge is 0.347 e. The summed E-state index contributed by atoms with van der Waals surface area (Å²) in [6, 6.07) is 5.47. The first kappa shape index (κ1) is 11.3. The Kier molecular flexibility index (Phi) is 3.49. The molecular formula is C12H14N4O. The number of nitrogens with zero attached hydrogens (tertiary/aromatic N) is 3. The van der Waals surface area contributed by atoms with Gasteiger partial charge in [0.05, 0.1) is 0 Å². The van der Waals surface area contributed by atoms with Gasteiger partial charge in [0.15, 0.2) is 0 Å². The molecule has 5 heteroatoms. The number of hydrogen-bond acceptors (Lipinski definition) is 3. The minimum Gasteiger partial charge on any atom is -0.347 e. The highest BCUT2D eigenvalue weighted by molar-refractivity contribution is 5.92. The Balaban J connectivity index is 1.93. The highest BCUT2D eigenvalue weighted by atomic mass is 16.1. The Morgan fingerprint density at radius 1 is 1.47 bits per heavy atom. The molecule has 2 heterocycles. The van der Waals surface area contributed by atoms with E-state index in [9.17, 15) is 4.79 Å². The van der Waals surface area contributed by atoms with Crippen LogP contribution in [0, 0.1) is 0 Å². The third-order valence-electron chi connectivity index (χ3n) is 2.37. The van der Waals surface area contributed by atoms with E-state index in [4.69, 9.17) is 0 Å². The van der Waals surface area contributed by atoms with Crippen LogP contribution in [-0.4, -0.2) is 20.7 Å². The zero-order valence-electron chi connectivity index (χ0n) is 9.63. The maximum atomic E-state index is 11.7. The molecule has 2 rings (SSSR count). The first-order valence-corrected chi connectivity index (χ1v) is 5.50. The Labute approximate surface area is 99.5 Å². The second kappa shape index (κ2) is 5.25. The number of aromatic nitrogens is 3. The Morgan fingerprint density at radius 3 is 3.00 bits per heavy atom. The molecule has 1 N–H and O–H groups in total. The lowest BCUT2D eigenvalue weighted by Crippen LogP contribution is -2.23. The van der Waals surface area contributed by atoms with Crippen LogP contribution in [0.1, 0.15) is 23.0 Å². The molecule has 2 aromatic rings. The van der Waals surface area contributed by atoms with Gasteiger partial charge in [0, 0.05) is 31.7 Å². The molecule has 2 aromatic heterocycles. The monoisotopic (exact) mass is 230 g/mol. The average Bonchev–Trinajstić information content (AvgIpc) is 2.86. The minimum absolute atomic E-state index is 0.166. The van der Waals surface area contributed by atoms with Crippen LogP contribution in [0.25, 0.3) is 0 Å². The van der Waals surface area contributed by atoms with Gasteiger partial charge in [-0.2, -0.15) is 5.10 Å². The maximum absolute atomic E-state index is 11.7. The summed E-state index contributed by atoms with van der Waals surface area (Å²) < 4.78 is 1.72. The maximum Gasteiger partial charge on any atom is 0.272 e. The Morgan fingerprint density at radius 2 is 2.35 bits per heavy atom. The predicted molar refractivity (Wildman–Crippen MR) is 63.3 cm³/mol. The van der Waals surface area contributed by atoms with Gasteiger partial charge in [-0.25, -0.2) is 0 Å². The summed E-state index contributed by atoms with van der Waals surface area (Å²) in [4.78, 5) is 15.7. The van der Waals surface area contributed by atoms with E-state index in [2.05, 4.69) is 15.4 Å². The first-order chi connectivity index (χ1) is 8.29. The molecule has 0 bridgehead atoms. The summed E-state index contributed by atoms with van der Waals surface area (Å²) in [6.45, 7) is 3.20. The fraction of sp³-hybridized carbons (Fsp3) is 0.250. The van der Waals surface area contributed by atoms with Crippen molar-refractivity contribution >= 4 is 5.91 Å². The lowest BCUT2D eigenvalue weighted by Gasteiger charge is -2.02. The quantitative estimate of drug-likeness (QED) is 0.859. The predicted octanol–water partition coefficient (Wildman–Crippen LogP) is 1.23. The molecule has 17 heavy (non-hydrogen) atoms. The highest BCUT2D eigenvalue weighted by Gasteiger charge is 2.08. The summed E-state index contributed by atoms with van der Waals surface area (Å²) >= 11 is 0. The summed E-state index contributed by atoms with van der Waals surface area (Å²) in [7, 11) is 0. The van der Waals surface area contributed by atoms with Crippen LogP contribution in [0.4, 0.5) is 0 Å². The lowest BCUT2D eigenvalue weighted by molar-refractivity contribution is 0.0945. The Hall–Kier alpha value is -2.17. The van der Waals surface area contributed by atoms with Gasteiger partial charge in [-0.15, -0.1) is 0 Å².